The van der Waals surface area contributed by atoms with Crippen molar-refractivity contribution >= 4 is 27.5 Å². The molecule has 8 heteroatoms. The van der Waals surface area contributed by atoms with Gasteiger partial charge in [0.1, 0.15) is 5.54 Å². The summed E-state index contributed by atoms with van der Waals surface area (Å²) in [6.07, 6.45) is 5.59. The van der Waals surface area contributed by atoms with Gasteiger partial charge in [0.05, 0.1) is 12.3 Å². The topological polar surface area (TPSA) is 86.8 Å². The summed E-state index contributed by atoms with van der Waals surface area (Å²) in [5.74, 6) is -0.699. The molecule has 0 unspecified atom stereocenters. The molecule has 1 aliphatic carbocycles. The second kappa shape index (κ2) is 9.28. The van der Waals surface area contributed by atoms with Crippen molar-refractivity contribution in [2.45, 2.75) is 77.8 Å². The Balaban J connectivity index is 2.02. The van der Waals surface area contributed by atoms with Crippen LogP contribution in [0.2, 0.25) is 0 Å². The van der Waals surface area contributed by atoms with Crippen LogP contribution in [0.25, 0.3) is 0 Å². The van der Waals surface area contributed by atoms with Gasteiger partial charge in [-0.05, 0) is 57.2 Å². The highest BCUT2D eigenvalue weighted by atomic mass is 32.2. The molecule has 1 aromatic rings. The molecule has 1 saturated heterocycles. The second-order valence-electron chi connectivity index (χ2n) is 9.11. The lowest BCUT2D eigenvalue weighted by atomic mass is 9.90. The van der Waals surface area contributed by atoms with Crippen molar-refractivity contribution in [3.8, 4) is 0 Å². The summed E-state index contributed by atoms with van der Waals surface area (Å²) in [5, 5.41) is 3.13. The fourth-order valence-electron chi connectivity index (χ4n) is 4.69. The summed E-state index contributed by atoms with van der Waals surface area (Å²) in [5.41, 5.74) is 1.27. The predicted octanol–water partition coefficient (Wildman–Crippen LogP) is 2.90. The van der Waals surface area contributed by atoms with Gasteiger partial charge < -0.3 is 5.32 Å². The SMILES string of the molecule is CCCS(=O)(=O)N1CC(=O)N(c2cccc(C)c2C)[C@@](C)(C(=O)NC2CCCCC2)C1. The highest BCUT2D eigenvalue weighted by Gasteiger charge is 2.51. The highest BCUT2D eigenvalue weighted by molar-refractivity contribution is 7.89. The Hall–Kier alpha value is -1.93. The number of hydrogen-bond acceptors (Lipinski definition) is 4. The minimum absolute atomic E-state index is 0.0376. The quantitative estimate of drug-likeness (QED) is 0.723. The molecule has 1 aromatic carbocycles. The molecule has 3 rings (SSSR count). The number of carbonyl (C=O) groups excluding carboxylic acids is 2. The summed E-state index contributed by atoms with van der Waals surface area (Å²) in [4.78, 5) is 28.5. The minimum atomic E-state index is -3.62. The zero-order valence-corrected chi connectivity index (χ0v) is 19.9. The molecule has 1 atom stereocenters. The van der Waals surface area contributed by atoms with Gasteiger partial charge >= 0.3 is 0 Å². The van der Waals surface area contributed by atoms with Crippen LogP contribution in [0.3, 0.4) is 0 Å². The number of rotatable bonds is 6. The number of amides is 2. The lowest BCUT2D eigenvalue weighted by Gasteiger charge is -2.47. The van der Waals surface area contributed by atoms with Crippen molar-refractivity contribution in [1.82, 2.24) is 9.62 Å². The molecule has 0 aromatic heterocycles. The third kappa shape index (κ3) is 4.80. The maximum atomic E-state index is 13.6. The summed E-state index contributed by atoms with van der Waals surface area (Å²) in [7, 11) is -3.62. The smallest absolute Gasteiger partial charge is 0.247 e. The van der Waals surface area contributed by atoms with E-state index in [-0.39, 0.29) is 36.7 Å². The molecular formula is C23H35N3O4S. The van der Waals surface area contributed by atoms with Crippen molar-refractivity contribution < 1.29 is 18.0 Å². The molecule has 1 aliphatic heterocycles. The Morgan fingerprint density at radius 3 is 2.52 bits per heavy atom. The molecule has 1 saturated carbocycles. The molecule has 2 amide bonds. The van der Waals surface area contributed by atoms with Crippen molar-refractivity contribution in [3.63, 3.8) is 0 Å². The van der Waals surface area contributed by atoms with Crippen LogP contribution < -0.4 is 10.2 Å². The summed E-state index contributed by atoms with van der Waals surface area (Å²) >= 11 is 0. The molecule has 0 bridgehead atoms. The molecule has 2 fully saturated rings. The summed E-state index contributed by atoms with van der Waals surface area (Å²) in [6, 6.07) is 5.73. The Morgan fingerprint density at radius 1 is 1.19 bits per heavy atom. The van der Waals surface area contributed by atoms with Crippen LogP contribution in [0.4, 0.5) is 5.69 Å². The average Bonchev–Trinajstić information content (AvgIpc) is 2.71. The van der Waals surface area contributed by atoms with E-state index in [1.54, 1.807) is 13.8 Å². The highest BCUT2D eigenvalue weighted by Crippen LogP contribution is 2.34. The number of aryl methyl sites for hydroxylation is 1. The number of nitrogens with zero attached hydrogens (tertiary/aromatic N) is 2. The van der Waals surface area contributed by atoms with Crippen molar-refractivity contribution in [3.05, 3.63) is 29.3 Å². The zero-order chi connectivity index (χ0) is 22.8. The first-order valence-corrected chi connectivity index (χ1v) is 12.9. The average molecular weight is 450 g/mol. The van der Waals surface area contributed by atoms with E-state index < -0.39 is 15.6 Å². The van der Waals surface area contributed by atoms with Crippen molar-refractivity contribution in [2.24, 2.45) is 0 Å². The first-order valence-electron chi connectivity index (χ1n) is 11.3. The van der Waals surface area contributed by atoms with Crippen molar-refractivity contribution in [2.75, 3.05) is 23.7 Å². The Morgan fingerprint density at radius 2 is 1.87 bits per heavy atom. The van der Waals surface area contributed by atoms with Gasteiger partial charge in [0.2, 0.25) is 21.8 Å². The fraction of sp³-hybridized carbons (Fsp3) is 0.652. The number of anilines is 1. The number of piperazine rings is 1. The maximum absolute atomic E-state index is 13.6. The van der Waals surface area contributed by atoms with Gasteiger partial charge in [0.25, 0.3) is 0 Å². The molecule has 1 N–H and O–H groups in total. The fourth-order valence-corrected chi connectivity index (χ4v) is 6.22. The maximum Gasteiger partial charge on any atom is 0.247 e. The molecule has 0 spiro atoms. The number of carbonyl (C=O) groups is 2. The Labute approximate surface area is 186 Å². The number of sulfonamides is 1. The van der Waals surface area contributed by atoms with Crippen LogP contribution in [0.15, 0.2) is 18.2 Å². The van der Waals surface area contributed by atoms with E-state index in [2.05, 4.69) is 5.32 Å². The van der Waals surface area contributed by atoms with E-state index in [1.165, 1.54) is 15.6 Å². The third-order valence-corrected chi connectivity index (χ3v) is 8.61. The normalized spacial score (nSPS) is 23.7. The molecular weight excluding hydrogens is 414 g/mol. The first kappa shape index (κ1) is 23.7. The van der Waals surface area contributed by atoms with Gasteiger partial charge in [0, 0.05) is 18.3 Å². The number of nitrogens with one attached hydrogen (secondary N) is 1. The van der Waals surface area contributed by atoms with Crippen LogP contribution >= 0.6 is 0 Å². The van der Waals surface area contributed by atoms with Gasteiger partial charge in [-0.25, -0.2) is 8.42 Å². The Kier molecular flexibility index (Phi) is 7.11. The molecule has 31 heavy (non-hydrogen) atoms. The first-order chi connectivity index (χ1) is 14.6. The van der Waals surface area contributed by atoms with Gasteiger partial charge in [-0.3, -0.25) is 14.5 Å². The van der Waals surface area contributed by atoms with Crippen LogP contribution in [0, 0.1) is 13.8 Å². The molecule has 1 heterocycles. The van der Waals surface area contributed by atoms with E-state index in [4.69, 9.17) is 0 Å². The molecule has 172 valence electrons. The second-order valence-corrected chi connectivity index (χ2v) is 11.2. The van der Waals surface area contributed by atoms with Gasteiger partial charge in [-0.15, -0.1) is 0 Å². The molecule has 2 aliphatic rings. The predicted molar refractivity (Wildman–Crippen MR) is 122 cm³/mol. The Bertz CT molecular complexity index is 940. The van der Waals surface area contributed by atoms with Crippen LogP contribution in [-0.4, -0.2) is 55.0 Å². The van der Waals surface area contributed by atoms with Gasteiger partial charge in [-0.2, -0.15) is 4.31 Å². The van der Waals surface area contributed by atoms with E-state index in [1.807, 2.05) is 32.0 Å². The standard InChI is InChI=1S/C23H35N3O4S/c1-5-14-31(29,30)25-15-21(27)26(20-13-9-10-17(2)18(20)3)23(4,16-25)22(28)24-19-11-7-6-8-12-19/h9-10,13,19H,5-8,11-12,14-16H2,1-4H3,(H,24,28)/t23-/m1/s1. The number of hydrogen-bond donors (Lipinski definition) is 1. The van der Waals surface area contributed by atoms with Crippen LogP contribution in [0.1, 0.15) is 63.5 Å². The lowest BCUT2D eigenvalue weighted by Crippen LogP contribution is -2.71. The zero-order valence-electron chi connectivity index (χ0n) is 19.1. The van der Waals surface area contributed by atoms with Crippen LogP contribution in [-0.2, 0) is 19.6 Å². The van der Waals surface area contributed by atoms with E-state index in [0.29, 0.717) is 12.1 Å². The van der Waals surface area contributed by atoms with E-state index >= 15 is 0 Å². The summed E-state index contributed by atoms with van der Waals surface area (Å²) in [6.45, 7) is 7.08. The minimum Gasteiger partial charge on any atom is -0.351 e. The third-order valence-electron chi connectivity index (χ3n) is 6.64. The van der Waals surface area contributed by atoms with E-state index in [0.717, 1.165) is 36.8 Å². The lowest BCUT2D eigenvalue weighted by molar-refractivity contribution is -0.133. The van der Waals surface area contributed by atoms with Crippen LogP contribution in [0.5, 0.6) is 0 Å². The molecule has 0 radical (unpaired) electrons. The summed E-state index contributed by atoms with van der Waals surface area (Å²) < 4.78 is 26.8. The molecule has 7 nitrogen and oxygen atoms in total. The van der Waals surface area contributed by atoms with Gasteiger partial charge in [0.15, 0.2) is 0 Å². The largest absolute Gasteiger partial charge is 0.351 e. The number of benzene rings is 1. The van der Waals surface area contributed by atoms with E-state index in [9.17, 15) is 18.0 Å². The van der Waals surface area contributed by atoms with Gasteiger partial charge in [-0.1, -0.05) is 38.3 Å². The monoisotopic (exact) mass is 449 g/mol. The van der Waals surface area contributed by atoms with Crippen molar-refractivity contribution in [1.29, 1.82) is 0 Å².